The minimum Gasteiger partial charge on any atom is -0.497 e. The van der Waals surface area contributed by atoms with Crippen molar-refractivity contribution >= 4 is 11.5 Å². The van der Waals surface area contributed by atoms with E-state index in [0.29, 0.717) is 0 Å². The first kappa shape index (κ1) is 17.7. The molecule has 0 saturated heterocycles. The summed E-state index contributed by atoms with van der Waals surface area (Å²) in [5, 5.41) is 8.57. The van der Waals surface area contributed by atoms with E-state index in [1.54, 1.807) is 7.11 Å². The van der Waals surface area contributed by atoms with Crippen molar-refractivity contribution in [3.8, 4) is 17.0 Å². The quantitative estimate of drug-likeness (QED) is 0.532. The zero-order chi connectivity index (χ0) is 19.6. The van der Waals surface area contributed by atoms with Gasteiger partial charge in [-0.3, -0.25) is 0 Å². The van der Waals surface area contributed by atoms with E-state index in [4.69, 9.17) is 14.8 Å². The van der Waals surface area contributed by atoms with Gasteiger partial charge in [0.25, 0.3) is 0 Å². The molecular formula is C24H24N4O. The number of fused-ring (bicyclic) bond motifs is 2. The second-order valence-corrected chi connectivity index (χ2v) is 7.46. The average molecular weight is 384 g/mol. The van der Waals surface area contributed by atoms with Crippen molar-refractivity contribution in [2.24, 2.45) is 0 Å². The van der Waals surface area contributed by atoms with Crippen LogP contribution in [0, 0.1) is 0 Å². The Hall–Kier alpha value is -3.34. The molecule has 1 aliphatic carbocycles. The Morgan fingerprint density at radius 2 is 1.79 bits per heavy atom. The van der Waals surface area contributed by atoms with Crippen molar-refractivity contribution in [2.75, 3.05) is 12.4 Å². The average Bonchev–Trinajstić information content (AvgIpc) is 3.21. The fraction of sp³-hybridized carbons (Fsp3) is 0.250. The second kappa shape index (κ2) is 7.59. The number of aryl methyl sites for hydroxylation is 1. The largest absolute Gasteiger partial charge is 0.497 e. The Balaban J connectivity index is 1.57. The zero-order valence-corrected chi connectivity index (χ0v) is 16.6. The van der Waals surface area contributed by atoms with E-state index in [1.807, 2.05) is 34.8 Å². The van der Waals surface area contributed by atoms with Crippen LogP contribution in [0.25, 0.3) is 16.9 Å². The number of anilines is 1. The lowest BCUT2D eigenvalue weighted by Gasteiger charge is -2.20. The van der Waals surface area contributed by atoms with E-state index >= 15 is 0 Å². The fourth-order valence-corrected chi connectivity index (χ4v) is 4.02. The van der Waals surface area contributed by atoms with Crippen molar-refractivity contribution in [3.05, 3.63) is 77.5 Å². The minimum absolute atomic E-state index is 0.768. The SMILES string of the molecule is COc1ccc(-c2cc3nc4c(c(NCc5ccccc5)n3n2)CCCC4)cc1. The molecule has 5 heteroatoms. The lowest BCUT2D eigenvalue weighted by molar-refractivity contribution is 0.415. The van der Waals surface area contributed by atoms with Gasteiger partial charge in [0.15, 0.2) is 5.65 Å². The Bertz CT molecular complexity index is 1130. The molecular weight excluding hydrogens is 360 g/mol. The molecule has 2 aromatic heterocycles. The number of aromatic nitrogens is 3. The molecule has 1 N–H and O–H groups in total. The molecule has 5 nitrogen and oxygen atoms in total. The normalized spacial score (nSPS) is 13.3. The molecule has 2 heterocycles. The number of nitrogens with one attached hydrogen (secondary N) is 1. The highest BCUT2D eigenvalue weighted by atomic mass is 16.5. The summed E-state index contributed by atoms with van der Waals surface area (Å²) in [5.74, 6) is 1.92. The highest BCUT2D eigenvalue weighted by Gasteiger charge is 2.20. The van der Waals surface area contributed by atoms with Crippen LogP contribution < -0.4 is 10.1 Å². The summed E-state index contributed by atoms with van der Waals surface area (Å²) >= 11 is 0. The monoisotopic (exact) mass is 384 g/mol. The predicted molar refractivity (Wildman–Crippen MR) is 115 cm³/mol. The van der Waals surface area contributed by atoms with Crippen molar-refractivity contribution in [2.45, 2.75) is 32.2 Å². The van der Waals surface area contributed by atoms with Crippen LogP contribution in [0.3, 0.4) is 0 Å². The number of rotatable bonds is 5. The first-order valence-corrected chi connectivity index (χ1v) is 10.2. The fourth-order valence-electron chi connectivity index (χ4n) is 4.02. The molecule has 146 valence electrons. The summed E-state index contributed by atoms with van der Waals surface area (Å²) in [6.45, 7) is 0.768. The maximum atomic E-state index is 5.28. The van der Waals surface area contributed by atoms with E-state index in [0.717, 1.165) is 47.9 Å². The van der Waals surface area contributed by atoms with Gasteiger partial charge in [-0.2, -0.15) is 9.61 Å². The van der Waals surface area contributed by atoms with Crippen molar-refractivity contribution in [3.63, 3.8) is 0 Å². The van der Waals surface area contributed by atoms with Crippen LogP contribution in [0.5, 0.6) is 5.75 Å². The van der Waals surface area contributed by atoms with E-state index in [9.17, 15) is 0 Å². The highest BCUT2D eigenvalue weighted by molar-refractivity contribution is 5.67. The molecule has 0 atom stereocenters. The molecule has 0 spiro atoms. The van der Waals surface area contributed by atoms with Gasteiger partial charge in [-0.25, -0.2) is 4.98 Å². The molecule has 0 unspecified atom stereocenters. The van der Waals surface area contributed by atoms with Crippen LogP contribution in [-0.2, 0) is 19.4 Å². The predicted octanol–water partition coefficient (Wildman–Crippen LogP) is 4.90. The maximum Gasteiger partial charge on any atom is 0.158 e. The molecule has 0 fully saturated rings. The molecule has 5 rings (SSSR count). The lowest BCUT2D eigenvalue weighted by atomic mass is 9.96. The van der Waals surface area contributed by atoms with Crippen molar-refractivity contribution in [1.82, 2.24) is 14.6 Å². The van der Waals surface area contributed by atoms with Crippen molar-refractivity contribution in [1.29, 1.82) is 0 Å². The molecule has 0 amide bonds. The summed E-state index contributed by atoms with van der Waals surface area (Å²) < 4.78 is 7.26. The van der Waals surface area contributed by atoms with Crippen LogP contribution in [0.4, 0.5) is 5.82 Å². The summed E-state index contributed by atoms with van der Waals surface area (Å²) in [4.78, 5) is 4.95. The Morgan fingerprint density at radius 1 is 1.00 bits per heavy atom. The van der Waals surface area contributed by atoms with Crippen LogP contribution in [0.15, 0.2) is 60.7 Å². The van der Waals surface area contributed by atoms with Gasteiger partial charge in [-0.1, -0.05) is 30.3 Å². The molecule has 4 aromatic rings. The Kier molecular flexibility index (Phi) is 4.64. The van der Waals surface area contributed by atoms with Gasteiger partial charge in [-0.15, -0.1) is 0 Å². The molecule has 0 bridgehead atoms. The summed E-state index contributed by atoms with van der Waals surface area (Å²) in [6.07, 6.45) is 4.49. The van der Waals surface area contributed by atoms with Gasteiger partial charge in [0.2, 0.25) is 0 Å². The van der Waals surface area contributed by atoms with E-state index in [1.165, 1.54) is 29.7 Å². The first-order chi connectivity index (χ1) is 14.3. The smallest absolute Gasteiger partial charge is 0.158 e. The third-order valence-corrected chi connectivity index (χ3v) is 5.56. The molecule has 1 aliphatic rings. The summed E-state index contributed by atoms with van der Waals surface area (Å²) in [5.41, 5.74) is 6.65. The number of methoxy groups -OCH3 is 1. The topological polar surface area (TPSA) is 51.5 Å². The Labute approximate surface area is 170 Å². The zero-order valence-electron chi connectivity index (χ0n) is 16.6. The number of ether oxygens (including phenoxy) is 1. The number of nitrogens with zero attached hydrogens (tertiary/aromatic N) is 3. The van der Waals surface area contributed by atoms with E-state index in [-0.39, 0.29) is 0 Å². The van der Waals surface area contributed by atoms with E-state index < -0.39 is 0 Å². The van der Waals surface area contributed by atoms with Gasteiger partial charge in [-0.05, 0) is 55.5 Å². The third kappa shape index (κ3) is 3.44. The summed E-state index contributed by atoms with van der Waals surface area (Å²) in [6, 6.07) is 20.6. The number of hydrogen-bond donors (Lipinski definition) is 1. The van der Waals surface area contributed by atoms with E-state index in [2.05, 4.69) is 35.6 Å². The van der Waals surface area contributed by atoms with Gasteiger partial charge in [0.1, 0.15) is 11.6 Å². The third-order valence-electron chi connectivity index (χ3n) is 5.56. The maximum absolute atomic E-state index is 5.28. The van der Waals surface area contributed by atoms with Crippen LogP contribution >= 0.6 is 0 Å². The number of benzene rings is 2. The molecule has 0 radical (unpaired) electrons. The minimum atomic E-state index is 0.768. The highest BCUT2D eigenvalue weighted by Crippen LogP contribution is 2.30. The molecule has 2 aromatic carbocycles. The first-order valence-electron chi connectivity index (χ1n) is 10.2. The van der Waals surface area contributed by atoms with Gasteiger partial charge < -0.3 is 10.1 Å². The van der Waals surface area contributed by atoms with Gasteiger partial charge in [0.05, 0.1) is 12.8 Å². The van der Waals surface area contributed by atoms with Crippen LogP contribution in [0.2, 0.25) is 0 Å². The molecule has 0 saturated carbocycles. The van der Waals surface area contributed by atoms with Crippen LogP contribution in [-0.4, -0.2) is 21.7 Å². The standard InChI is InChI=1S/C24H24N4O/c1-29-19-13-11-18(12-14-19)22-15-23-26-21-10-6-5-9-20(21)24(28(23)27-22)25-16-17-7-3-2-4-8-17/h2-4,7-8,11-15,25H,5-6,9-10,16H2,1H3. The second-order valence-electron chi connectivity index (χ2n) is 7.46. The van der Waals surface area contributed by atoms with Gasteiger partial charge in [0, 0.05) is 29.4 Å². The van der Waals surface area contributed by atoms with Crippen LogP contribution in [0.1, 0.15) is 29.7 Å². The molecule has 0 aliphatic heterocycles. The Morgan fingerprint density at radius 3 is 2.59 bits per heavy atom. The van der Waals surface area contributed by atoms with Crippen molar-refractivity contribution < 1.29 is 4.74 Å². The summed E-state index contributed by atoms with van der Waals surface area (Å²) in [7, 11) is 1.68. The molecule has 29 heavy (non-hydrogen) atoms. The van der Waals surface area contributed by atoms with Gasteiger partial charge >= 0.3 is 0 Å². The lowest BCUT2D eigenvalue weighted by Crippen LogP contribution is -2.15. The number of hydrogen-bond acceptors (Lipinski definition) is 4.